The van der Waals surface area contributed by atoms with Crippen LogP contribution in [0.1, 0.15) is 79.1 Å². The largest absolute Gasteiger partial charge is 0.336 e. The number of carbonyl (C=O) groups is 1. The first-order valence-electron chi connectivity index (χ1n) is 10.3. The van der Waals surface area contributed by atoms with E-state index in [2.05, 4.69) is 21.6 Å². The molecule has 1 fully saturated rings. The van der Waals surface area contributed by atoms with Crippen LogP contribution in [0.3, 0.4) is 0 Å². The molecule has 0 saturated heterocycles. The van der Waals surface area contributed by atoms with Gasteiger partial charge in [-0.15, -0.1) is 21.5 Å². The maximum absolute atomic E-state index is 12.4. The Morgan fingerprint density at radius 3 is 2.83 bits per heavy atom. The highest BCUT2D eigenvalue weighted by Crippen LogP contribution is 2.37. The molecule has 2 aliphatic rings. The maximum Gasteiger partial charge on any atom is 0.225 e. The molecule has 2 heterocycles. The van der Waals surface area contributed by atoms with Crippen LogP contribution < -0.4 is 11.2 Å². The summed E-state index contributed by atoms with van der Waals surface area (Å²) in [6.07, 6.45) is 10.5. The lowest BCUT2D eigenvalue weighted by Gasteiger charge is -2.20. The molecule has 2 aromatic rings. The molecule has 0 spiro atoms. The Hall–Kier alpha value is -2.05. The quantitative estimate of drug-likeness (QED) is 0.530. The molecule has 0 bridgehead atoms. The predicted molar refractivity (Wildman–Crippen MR) is 116 cm³/mol. The van der Waals surface area contributed by atoms with Crippen LogP contribution in [0.2, 0.25) is 0 Å². The summed E-state index contributed by atoms with van der Waals surface area (Å²) in [5.41, 5.74) is 1.80. The third-order valence-electron chi connectivity index (χ3n) is 5.76. The number of nitrogen functional groups attached to an aromatic ring is 1. The maximum atomic E-state index is 12.4. The van der Waals surface area contributed by atoms with Crippen molar-refractivity contribution in [1.29, 1.82) is 5.26 Å². The molecule has 7 nitrogen and oxygen atoms in total. The number of nitriles is 1. The fourth-order valence-electron chi connectivity index (χ4n) is 4.22. The van der Waals surface area contributed by atoms with Gasteiger partial charge in [-0.05, 0) is 44.1 Å². The van der Waals surface area contributed by atoms with E-state index in [0.29, 0.717) is 33.8 Å². The van der Waals surface area contributed by atoms with Crippen molar-refractivity contribution in [3.8, 4) is 6.07 Å². The van der Waals surface area contributed by atoms with Crippen molar-refractivity contribution in [2.45, 2.75) is 75.3 Å². The number of anilines is 1. The number of nitrogens with one attached hydrogen (secondary N) is 1. The lowest BCUT2D eigenvalue weighted by Crippen LogP contribution is -2.19. The Morgan fingerprint density at radius 2 is 2.03 bits per heavy atom. The van der Waals surface area contributed by atoms with Gasteiger partial charge in [0.2, 0.25) is 11.1 Å². The van der Waals surface area contributed by atoms with Crippen molar-refractivity contribution in [3.63, 3.8) is 0 Å². The molecular weight excluding hydrogens is 404 g/mol. The second-order valence-electron chi connectivity index (χ2n) is 7.72. The zero-order chi connectivity index (χ0) is 20.2. The van der Waals surface area contributed by atoms with Crippen LogP contribution in [0.4, 0.5) is 5.00 Å². The van der Waals surface area contributed by atoms with Crippen molar-refractivity contribution in [2.24, 2.45) is 0 Å². The molecule has 154 valence electrons. The first-order valence-corrected chi connectivity index (χ1v) is 12.1. The van der Waals surface area contributed by atoms with Crippen molar-refractivity contribution >= 4 is 34.0 Å². The van der Waals surface area contributed by atoms with Crippen LogP contribution in [0.25, 0.3) is 0 Å². The number of rotatable bonds is 6. The molecule has 1 amide bonds. The van der Waals surface area contributed by atoms with E-state index in [-0.39, 0.29) is 5.91 Å². The van der Waals surface area contributed by atoms with Gasteiger partial charge in [-0.1, -0.05) is 31.0 Å². The number of thiophene rings is 1. The molecule has 0 unspecified atom stereocenters. The average molecular weight is 431 g/mol. The number of fused-ring (bicyclic) bond motifs is 1. The van der Waals surface area contributed by atoms with Gasteiger partial charge in [-0.2, -0.15) is 5.26 Å². The first-order chi connectivity index (χ1) is 14.2. The Kier molecular flexibility index (Phi) is 6.40. The average Bonchev–Trinajstić information content (AvgIpc) is 3.28. The van der Waals surface area contributed by atoms with Gasteiger partial charge >= 0.3 is 0 Å². The van der Waals surface area contributed by atoms with E-state index in [0.717, 1.165) is 49.9 Å². The summed E-state index contributed by atoms with van der Waals surface area (Å²) in [6.45, 7) is 0. The van der Waals surface area contributed by atoms with Crippen molar-refractivity contribution in [2.75, 3.05) is 16.9 Å². The third kappa shape index (κ3) is 4.43. The molecule has 0 radical (unpaired) electrons. The van der Waals surface area contributed by atoms with Gasteiger partial charge in [0.05, 0.1) is 5.56 Å². The molecule has 2 aliphatic carbocycles. The minimum atomic E-state index is -0.0804. The number of thioether (sulfide) groups is 1. The number of carbonyl (C=O) groups excluding carboxylic acids is 1. The molecule has 1 saturated carbocycles. The highest BCUT2D eigenvalue weighted by Gasteiger charge is 2.23. The van der Waals surface area contributed by atoms with E-state index < -0.39 is 0 Å². The molecule has 3 N–H and O–H groups in total. The Balaban J connectivity index is 1.31. The zero-order valence-electron chi connectivity index (χ0n) is 16.4. The van der Waals surface area contributed by atoms with Gasteiger partial charge < -0.3 is 11.2 Å². The fraction of sp³-hybridized carbons (Fsp3) is 0.600. The van der Waals surface area contributed by atoms with Crippen molar-refractivity contribution < 1.29 is 4.79 Å². The van der Waals surface area contributed by atoms with Crippen LogP contribution in [-0.2, 0) is 17.6 Å². The normalized spacial score (nSPS) is 16.9. The van der Waals surface area contributed by atoms with Gasteiger partial charge in [-0.25, -0.2) is 4.68 Å². The Labute approximate surface area is 179 Å². The highest BCUT2D eigenvalue weighted by atomic mass is 32.2. The second-order valence-corrected chi connectivity index (χ2v) is 9.89. The molecule has 0 aliphatic heterocycles. The van der Waals surface area contributed by atoms with E-state index in [1.54, 1.807) is 16.0 Å². The van der Waals surface area contributed by atoms with Crippen LogP contribution in [0, 0.1) is 11.3 Å². The van der Waals surface area contributed by atoms with Crippen molar-refractivity contribution in [3.05, 3.63) is 21.8 Å². The summed E-state index contributed by atoms with van der Waals surface area (Å²) in [4.78, 5) is 13.7. The molecule has 2 aromatic heterocycles. The number of amides is 1. The van der Waals surface area contributed by atoms with Gasteiger partial charge in [0, 0.05) is 23.0 Å². The summed E-state index contributed by atoms with van der Waals surface area (Å²) in [7, 11) is 0. The van der Waals surface area contributed by atoms with Crippen LogP contribution in [-0.4, -0.2) is 26.5 Å². The molecule has 29 heavy (non-hydrogen) atoms. The van der Waals surface area contributed by atoms with Gasteiger partial charge in [0.25, 0.3) is 0 Å². The molecule has 4 rings (SSSR count). The Bertz CT molecular complexity index is 922. The molecule has 0 atom stereocenters. The SMILES string of the molecule is N#Cc1c(NC(=O)CCSc2nnc(C3CCCCC3)n2N)sc2c1CCCC2. The third-order valence-corrected chi connectivity index (χ3v) is 7.91. The van der Waals surface area contributed by atoms with E-state index in [1.165, 1.54) is 35.9 Å². The van der Waals surface area contributed by atoms with Gasteiger partial charge in [0.15, 0.2) is 5.82 Å². The number of nitrogens with two attached hydrogens (primary N) is 1. The molecular formula is C20H26N6OS2. The number of aromatic nitrogens is 3. The lowest BCUT2D eigenvalue weighted by atomic mass is 9.89. The first kappa shape index (κ1) is 20.2. The number of nitrogens with zero attached hydrogens (tertiary/aromatic N) is 4. The smallest absolute Gasteiger partial charge is 0.225 e. The standard InChI is InChI=1S/C20H26N6OS2/c21-12-15-14-8-4-5-9-16(14)29-19(15)23-17(27)10-11-28-20-25-24-18(26(20)22)13-6-2-1-3-7-13/h13H,1-11,22H2,(H,23,27). The van der Waals surface area contributed by atoms with Gasteiger partial charge in [-0.3, -0.25) is 4.79 Å². The number of aryl methyl sites for hydroxylation is 1. The van der Waals surface area contributed by atoms with Crippen LogP contribution in [0.15, 0.2) is 5.16 Å². The highest BCUT2D eigenvalue weighted by molar-refractivity contribution is 7.99. The van der Waals surface area contributed by atoms with E-state index in [1.807, 2.05) is 0 Å². The fourth-order valence-corrected chi connectivity index (χ4v) is 6.28. The number of hydrogen-bond donors (Lipinski definition) is 2. The second kappa shape index (κ2) is 9.18. The lowest BCUT2D eigenvalue weighted by molar-refractivity contribution is -0.115. The summed E-state index contributed by atoms with van der Waals surface area (Å²) in [6, 6.07) is 2.28. The molecule has 9 heteroatoms. The topological polar surface area (TPSA) is 110 Å². The van der Waals surface area contributed by atoms with E-state index in [9.17, 15) is 10.1 Å². The van der Waals surface area contributed by atoms with Gasteiger partial charge in [0.1, 0.15) is 11.1 Å². The number of hydrogen-bond acceptors (Lipinski definition) is 7. The van der Waals surface area contributed by atoms with E-state index >= 15 is 0 Å². The summed E-state index contributed by atoms with van der Waals surface area (Å²) in [5, 5.41) is 22.3. The summed E-state index contributed by atoms with van der Waals surface area (Å²) in [5.74, 6) is 7.95. The van der Waals surface area contributed by atoms with Crippen LogP contribution in [0.5, 0.6) is 0 Å². The predicted octanol–water partition coefficient (Wildman–Crippen LogP) is 3.97. The summed E-state index contributed by atoms with van der Waals surface area (Å²) < 4.78 is 1.60. The monoisotopic (exact) mass is 430 g/mol. The van der Waals surface area contributed by atoms with Crippen LogP contribution >= 0.6 is 23.1 Å². The zero-order valence-corrected chi connectivity index (χ0v) is 18.1. The van der Waals surface area contributed by atoms with Crippen molar-refractivity contribution in [1.82, 2.24) is 14.9 Å². The minimum absolute atomic E-state index is 0.0804. The Morgan fingerprint density at radius 1 is 1.24 bits per heavy atom. The van der Waals surface area contributed by atoms with E-state index in [4.69, 9.17) is 5.84 Å². The minimum Gasteiger partial charge on any atom is -0.336 e. The summed E-state index contributed by atoms with van der Waals surface area (Å²) >= 11 is 3.01. The molecule has 0 aromatic carbocycles.